The number of aldehydes is 1. The molecule has 0 aromatic heterocycles. The first-order valence-corrected chi connectivity index (χ1v) is 5.78. The van der Waals surface area contributed by atoms with Crippen molar-refractivity contribution in [3.8, 4) is 5.75 Å². The van der Waals surface area contributed by atoms with Crippen molar-refractivity contribution in [2.75, 3.05) is 13.1 Å². The Morgan fingerprint density at radius 2 is 2.06 bits per heavy atom. The minimum atomic E-state index is 0.179. The average molecular weight is 240 g/mol. The van der Waals surface area contributed by atoms with Crippen molar-refractivity contribution in [3.05, 3.63) is 28.3 Å². The van der Waals surface area contributed by atoms with E-state index in [2.05, 4.69) is 5.32 Å². The lowest BCUT2D eigenvalue weighted by Crippen LogP contribution is -2.26. The van der Waals surface area contributed by atoms with Crippen LogP contribution in [0.3, 0.4) is 0 Å². The second kappa shape index (κ2) is 4.85. The number of aromatic hydroxyl groups is 1. The van der Waals surface area contributed by atoms with E-state index in [1.54, 1.807) is 6.07 Å². The molecule has 1 heterocycles. The Kier molecular flexibility index (Phi) is 3.46. The zero-order valence-electron chi connectivity index (χ0n) is 8.87. The molecule has 1 aromatic rings. The Hall–Kier alpha value is -1.06. The third-order valence-corrected chi connectivity index (χ3v) is 3.38. The van der Waals surface area contributed by atoms with Crippen LogP contribution >= 0.6 is 11.6 Å². The first-order valence-electron chi connectivity index (χ1n) is 5.40. The van der Waals surface area contributed by atoms with Crippen LogP contribution in [0, 0.1) is 0 Å². The number of hydrogen-bond acceptors (Lipinski definition) is 3. The minimum Gasteiger partial charge on any atom is -0.508 e. The van der Waals surface area contributed by atoms with Gasteiger partial charge in [0.1, 0.15) is 5.75 Å². The highest BCUT2D eigenvalue weighted by molar-refractivity contribution is 6.33. The van der Waals surface area contributed by atoms with E-state index in [0.29, 0.717) is 22.8 Å². The summed E-state index contributed by atoms with van der Waals surface area (Å²) in [6.07, 6.45) is 2.64. The fourth-order valence-corrected chi connectivity index (χ4v) is 2.36. The molecule has 0 saturated carbocycles. The van der Waals surface area contributed by atoms with Crippen LogP contribution in [0.2, 0.25) is 5.02 Å². The van der Waals surface area contributed by atoms with E-state index in [9.17, 15) is 9.90 Å². The molecule has 4 heteroatoms. The Morgan fingerprint density at radius 1 is 1.38 bits per heavy atom. The van der Waals surface area contributed by atoms with Gasteiger partial charge in [-0.3, -0.25) is 4.79 Å². The van der Waals surface area contributed by atoms with Gasteiger partial charge in [-0.15, -0.1) is 0 Å². The van der Waals surface area contributed by atoms with Crippen molar-refractivity contribution in [2.45, 2.75) is 18.8 Å². The van der Waals surface area contributed by atoms with Crippen molar-refractivity contribution < 1.29 is 9.90 Å². The zero-order valence-corrected chi connectivity index (χ0v) is 9.63. The molecule has 1 aromatic carbocycles. The zero-order chi connectivity index (χ0) is 11.5. The largest absolute Gasteiger partial charge is 0.508 e. The van der Waals surface area contributed by atoms with Gasteiger partial charge < -0.3 is 10.4 Å². The number of benzene rings is 1. The Bertz CT molecular complexity index is 400. The Labute approximate surface area is 99.4 Å². The van der Waals surface area contributed by atoms with E-state index in [0.717, 1.165) is 31.5 Å². The molecule has 1 aliphatic heterocycles. The Balaban J connectivity index is 2.33. The standard InChI is InChI=1S/C12H14ClNO2/c13-11-6-10(8-1-3-14-4-2-8)12(16)5-9(11)7-15/h5-8,14,16H,1-4H2. The van der Waals surface area contributed by atoms with Gasteiger partial charge in [-0.1, -0.05) is 11.6 Å². The van der Waals surface area contributed by atoms with Crippen molar-refractivity contribution in [1.29, 1.82) is 0 Å². The molecule has 0 aliphatic carbocycles. The molecule has 2 N–H and O–H groups in total. The van der Waals surface area contributed by atoms with Crippen molar-refractivity contribution in [2.24, 2.45) is 0 Å². The topological polar surface area (TPSA) is 49.3 Å². The summed E-state index contributed by atoms with van der Waals surface area (Å²) in [5.74, 6) is 0.512. The number of carbonyl (C=O) groups is 1. The van der Waals surface area contributed by atoms with Gasteiger partial charge in [0.05, 0.1) is 5.02 Å². The molecule has 2 rings (SSSR count). The molecule has 1 saturated heterocycles. The third kappa shape index (κ3) is 2.20. The van der Waals surface area contributed by atoms with E-state index >= 15 is 0 Å². The van der Waals surface area contributed by atoms with Gasteiger partial charge >= 0.3 is 0 Å². The lowest BCUT2D eigenvalue weighted by atomic mass is 9.89. The number of piperidine rings is 1. The van der Waals surface area contributed by atoms with E-state index in [-0.39, 0.29) is 5.75 Å². The second-order valence-electron chi connectivity index (χ2n) is 4.07. The predicted molar refractivity (Wildman–Crippen MR) is 63.3 cm³/mol. The molecule has 0 amide bonds. The molecule has 3 nitrogen and oxygen atoms in total. The molecule has 0 bridgehead atoms. The van der Waals surface area contributed by atoms with Crippen molar-refractivity contribution >= 4 is 17.9 Å². The van der Waals surface area contributed by atoms with Crippen LogP contribution in [0.1, 0.15) is 34.7 Å². The van der Waals surface area contributed by atoms with E-state index in [4.69, 9.17) is 11.6 Å². The molecule has 0 atom stereocenters. The summed E-state index contributed by atoms with van der Waals surface area (Å²) >= 11 is 5.96. The van der Waals surface area contributed by atoms with Gasteiger partial charge in [-0.05, 0) is 49.5 Å². The number of rotatable bonds is 2. The number of nitrogens with one attached hydrogen (secondary N) is 1. The highest BCUT2D eigenvalue weighted by Crippen LogP contribution is 2.35. The third-order valence-electron chi connectivity index (χ3n) is 3.05. The first-order chi connectivity index (χ1) is 7.72. The maximum atomic E-state index is 10.7. The van der Waals surface area contributed by atoms with Gasteiger partial charge in [-0.25, -0.2) is 0 Å². The SMILES string of the molecule is O=Cc1cc(O)c(C2CCNCC2)cc1Cl. The molecule has 0 unspecified atom stereocenters. The number of hydrogen-bond donors (Lipinski definition) is 2. The van der Waals surface area contributed by atoms with Crippen LogP contribution < -0.4 is 5.32 Å². The first kappa shape index (κ1) is 11.4. The molecule has 86 valence electrons. The average Bonchev–Trinajstić information content (AvgIpc) is 2.32. The van der Waals surface area contributed by atoms with Crippen LogP contribution in [0.25, 0.3) is 0 Å². The molecule has 1 fully saturated rings. The molecule has 1 aliphatic rings. The highest BCUT2D eigenvalue weighted by Gasteiger charge is 2.19. The maximum Gasteiger partial charge on any atom is 0.151 e. The second-order valence-corrected chi connectivity index (χ2v) is 4.48. The highest BCUT2D eigenvalue weighted by atomic mass is 35.5. The normalized spacial score (nSPS) is 17.3. The van der Waals surface area contributed by atoms with E-state index in [1.165, 1.54) is 6.07 Å². The van der Waals surface area contributed by atoms with Gasteiger partial charge in [0.2, 0.25) is 0 Å². The summed E-state index contributed by atoms with van der Waals surface area (Å²) in [7, 11) is 0. The quantitative estimate of drug-likeness (QED) is 0.779. The van der Waals surface area contributed by atoms with Crippen LogP contribution in [0.4, 0.5) is 0 Å². The fourth-order valence-electron chi connectivity index (χ4n) is 2.14. The molecular formula is C12H14ClNO2. The summed E-state index contributed by atoms with van der Waals surface area (Å²) in [6, 6.07) is 3.17. The summed E-state index contributed by atoms with van der Waals surface area (Å²) in [5, 5.41) is 13.5. The van der Waals surface area contributed by atoms with Crippen molar-refractivity contribution in [3.63, 3.8) is 0 Å². The smallest absolute Gasteiger partial charge is 0.151 e. The molecule has 16 heavy (non-hydrogen) atoms. The number of halogens is 1. The van der Waals surface area contributed by atoms with Gasteiger partial charge in [0.25, 0.3) is 0 Å². The molecular weight excluding hydrogens is 226 g/mol. The predicted octanol–water partition coefficient (Wildman–Crippen LogP) is 2.33. The van der Waals surface area contributed by atoms with Crippen LogP contribution in [-0.4, -0.2) is 24.5 Å². The number of phenols is 1. The Morgan fingerprint density at radius 3 is 2.69 bits per heavy atom. The van der Waals surface area contributed by atoms with Crippen LogP contribution in [0.5, 0.6) is 5.75 Å². The summed E-state index contributed by atoms with van der Waals surface area (Å²) < 4.78 is 0. The lowest BCUT2D eigenvalue weighted by molar-refractivity contribution is 0.112. The molecule has 0 radical (unpaired) electrons. The summed E-state index contributed by atoms with van der Waals surface area (Å²) in [6.45, 7) is 1.91. The molecule has 0 spiro atoms. The van der Waals surface area contributed by atoms with Gasteiger partial charge in [0, 0.05) is 5.56 Å². The maximum absolute atomic E-state index is 10.7. The lowest BCUT2D eigenvalue weighted by Gasteiger charge is -2.24. The minimum absolute atomic E-state index is 0.179. The van der Waals surface area contributed by atoms with Gasteiger partial charge in [-0.2, -0.15) is 0 Å². The van der Waals surface area contributed by atoms with Gasteiger partial charge in [0.15, 0.2) is 6.29 Å². The summed E-state index contributed by atoms with van der Waals surface area (Å²) in [5.41, 5.74) is 1.20. The monoisotopic (exact) mass is 239 g/mol. The van der Waals surface area contributed by atoms with Crippen molar-refractivity contribution in [1.82, 2.24) is 5.32 Å². The number of carbonyl (C=O) groups excluding carboxylic acids is 1. The van der Waals surface area contributed by atoms with E-state index in [1.807, 2.05) is 0 Å². The van der Waals surface area contributed by atoms with Crippen LogP contribution in [-0.2, 0) is 0 Å². The number of phenolic OH excluding ortho intramolecular Hbond substituents is 1. The fraction of sp³-hybridized carbons (Fsp3) is 0.417. The van der Waals surface area contributed by atoms with Crippen LogP contribution in [0.15, 0.2) is 12.1 Å². The summed E-state index contributed by atoms with van der Waals surface area (Å²) in [4.78, 5) is 10.7. The van der Waals surface area contributed by atoms with E-state index < -0.39 is 0 Å².